The van der Waals surface area contributed by atoms with Crippen molar-refractivity contribution in [1.29, 1.82) is 5.26 Å². The normalized spacial score (nSPS) is 16.8. The summed E-state index contributed by atoms with van der Waals surface area (Å²) in [6, 6.07) is 20.3. The second-order valence-corrected chi connectivity index (χ2v) is 12.0. The number of hydrogen-bond acceptors (Lipinski definition) is 5. The highest BCUT2D eigenvalue weighted by atomic mass is 32.2. The van der Waals surface area contributed by atoms with Crippen LogP contribution in [0.25, 0.3) is 0 Å². The molecule has 1 amide bonds. The first-order valence-corrected chi connectivity index (χ1v) is 13.4. The second-order valence-electron chi connectivity index (χ2n) is 9.92. The zero-order valence-electron chi connectivity index (χ0n) is 19.7. The molecule has 0 radical (unpaired) electrons. The van der Waals surface area contributed by atoms with Crippen LogP contribution in [-0.4, -0.2) is 16.6 Å². The van der Waals surface area contributed by atoms with E-state index in [-0.39, 0.29) is 17.1 Å². The lowest BCUT2D eigenvalue weighted by molar-refractivity contribution is -0.115. The molecular weight excluding hydrogens is 458 g/mol. The molecule has 2 aromatic carbocycles. The van der Waals surface area contributed by atoms with Crippen molar-refractivity contribution in [3.05, 3.63) is 71.4 Å². The molecule has 0 bridgehead atoms. The largest absolute Gasteiger partial charge is 0.278 e. The number of thioether (sulfide) groups is 1. The average Bonchev–Trinajstić information content (AvgIpc) is 2.84. The Labute approximate surface area is 209 Å². The molecule has 4 nitrogen and oxygen atoms in total. The molecule has 5 rings (SSSR count). The average molecular weight is 486 g/mol. The third-order valence-electron chi connectivity index (χ3n) is 6.71. The minimum atomic E-state index is -0.0126. The van der Waals surface area contributed by atoms with Gasteiger partial charge in [0.2, 0.25) is 5.91 Å². The molecule has 0 N–H and O–H groups in total. The molecule has 1 unspecified atom stereocenters. The summed E-state index contributed by atoms with van der Waals surface area (Å²) in [5.74, 6) is 0.797. The molecule has 2 aliphatic rings. The number of carbonyl (C=O) groups is 1. The number of carbonyl (C=O) groups excluding carboxylic acids is 1. The topological polar surface area (TPSA) is 57.0 Å². The van der Waals surface area contributed by atoms with Crippen molar-refractivity contribution < 1.29 is 4.79 Å². The molecule has 0 spiro atoms. The Morgan fingerprint density at radius 2 is 1.79 bits per heavy atom. The monoisotopic (exact) mass is 485 g/mol. The Hall–Kier alpha value is -2.75. The summed E-state index contributed by atoms with van der Waals surface area (Å²) in [5.41, 5.74) is 4.90. The second kappa shape index (κ2) is 9.13. The zero-order valence-corrected chi connectivity index (χ0v) is 21.3. The number of nitrogens with zero attached hydrogens (tertiary/aromatic N) is 3. The maximum atomic E-state index is 13.5. The minimum absolute atomic E-state index is 0.0126. The van der Waals surface area contributed by atoms with Gasteiger partial charge in [0, 0.05) is 15.5 Å². The SMILES string of the molecule is CC(C)(C)C1CCc2nc(SCC(=O)N3c4ccccc4Sc4ccccc43)c(C#N)cc2C1. The molecular formula is C28H27N3OS2. The van der Waals surface area contributed by atoms with Crippen LogP contribution in [-0.2, 0) is 17.6 Å². The van der Waals surface area contributed by atoms with Crippen LogP contribution in [0.4, 0.5) is 11.4 Å². The van der Waals surface area contributed by atoms with Crippen LogP contribution in [0, 0.1) is 22.7 Å². The van der Waals surface area contributed by atoms with Crippen LogP contribution in [0.5, 0.6) is 0 Å². The van der Waals surface area contributed by atoms with Gasteiger partial charge in [0.25, 0.3) is 0 Å². The molecule has 1 atom stereocenters. The van der Waals surface area contributed by atoms with E-state index in [4.69, 9.17) is 4.98 Å². The fourth-order valence-electron chi connectivity index (χ4n) is 4.74. The van der Waals surface area contributed by atoms with Crippen LogP contribution in [0.1, 0.15) is 44.0 Å². The summed E-state index contributed by atoms with van der Waals surface area (Å²) in [4.78, 5) is 22.3. The minimum Gasteiger partial charge on any atom is -0.278 e. The van der Waals surface area contributed by atoms with Gasteiger partial charge in [0.1, 0.15) is 11.1 Å². The number of benzene rings is 2. The number of nitriles is 1. The lowest BCUT2D eigenvalue weighted by Crippen LogP contribution is -2.30. The van der Waals surface area contributed by atoms with Crippen LogP contribution >= 0.6 is 23.5 Å². The molecule has 1 aromatic heterocycles. The van der Waals surface area contributed by atoms with Gasteiger partial charge in [-0.3, -0.25) is 9.69 Å². The predicted molar refractivity (Wildman–Crippen MR) is 139 cm³/mol. The van der Waals surface area contributed by atoms with E-state index in [9.17, 15) is 10.1 Å². The Morgan fingerprint density at radius 1 is 1.15 bits per heavy atom. The third-order valence-corrected chi connectivity index (χ3v) is 8.82. The molecule has 2 heterocycles. The summed E-state index contributed by atoms with van der Waals surface area (Å²) >= 11 is 3.06. The molecule has 1 aliphatic carbocycles. The highest BCUT2D eigenvalue weighted by Crippen LogP contribution is 2.48. The molecule has 6 heteroatoms. The Bertz CT molecular complexity index is 1260. The van der Waals surface area contributed by atoms with Gasteiger partial charge >= 0.3 is 0 Å². The van der Waals surface area contributed by atoms with Crippen molar-refractivity contribution in [2.24, 2.45) is 11.3 Å². The fraction of sp³-hybridized carbons (Fsp3) is 0.321. The van der Waals surface area contributed by atoms with E-state index in [1.807, 2.05) is 59.5 Å². The number of aromatic nitrogens is 1. The van der Waals surface area contributed by atoms with Crippen molar-refractivity contribution in [1.82, 2.24) is 4.98 Å². The predicted octanol–water partition coefficient (Wildman–Crippen LogP) is 7.03. The maximum Gasteiger partial charge on any atom is 0.242 e. The summed E-state index contributed by atoms with van der Waals surface area (Å²) < 4.78 is 0. The van der Waals surface area contributed by atoms with Crippen molar-refractivity contribution in [2.45, 2.75) is 54.9 Å². The highest BCUT2D eigenvalue weighted by molar-refractivity contribution is 8.00. The van der Waals surface area contributed by atoms with E-state index < -0.39 is 0 Å². The number of para-hydroxylation sites is 2. The van der Waals surface area contributed by atoms with E-state index in [1.54, 1.807) is 11.8 Å². The molecule has 34 heavy (non-hydrogen) atoms. The fourth-order valence-corrected chi connectivity index (χ4v) is 6.62. The first-order valence-electron chi connectivity index (χ1n) is 11.6. The van der Waals surface area contributed by atoms with Gasteiger partial charge in [0.05, 0.1) is 22.7 Å². The Kier molecular flexibility index (Phi) is 6.18. The molecule has 0 saturated heterocycles. The summed E-state index contributed by atoms with van der Waals surface area (Å²) in [7, 11) is 0. The van der Waals surface area contributed by atoms with Crippen LogP contribution in [0.2, 0.25) is 0 Å². The van der Waals surface area contributed by atoms with Gasteiger partial charge in [-0.1, -0.05) is 68.6 Å². The van der Waals surface area contributed by atoms with Gasteiger partial charge in [-0.15, -0.1) is 0 Å². The first-order chi connectivity index (χ1) is 16.3. The number of rotatable bonds is 3. The molecule has 172 valence electrons. The van der Waals surface area contributed by atoms with Crippen LogP contribution < -0.4 is 4.90 Å². The molecule has 3 aromatic rings. The van der Waals surface area contributed by atoms with E-state index in [0.29, 0.717) is 16.5 Å². The third kappa shape index (κ3) is 4.35. The van der Waals surface area contributed by atoms with E-state index >= 15 is 0 Å². The lowest BCUT2D eigenvalue weighted by Gasteiger charge is -2.34. The number of amides is 1. The van der Waals surface area contributed by atoms with Crippen LogP contribution in [0.15, 0.2) is 69.4 Å². The number of anilines is 2. The Balaban J connectivity index is 1.40. The number of aryl methyl sites for hydroxylation is 1. The van der Waals surface area contributed by atoms with Crippen molar-refractivity contribution in [2.75, 3.05) is 10.7 Å². The summed E-state index contributed by atoms with van der Waals surface area (Å²) in [6.07, 6.45) is 3.00. The smallest absolute Gasteiger partial charge is 0.242 e. The van der Waals surface area contributed by atoms with Crippen molar-refractivity contribution >= 4 is 40.8 Å². The maximum absolute atomic E-state index is 13.5. The number of fused-ring (bicyclic) bond motifs is 3. The van der Waals surface area contributed by atoms with Gasteiger partial charge in [-0.25, -0.2) is 4.98 Å². The van der Waals surface area contributed by atoms with Crippen LogP contribution in [0.3, 0.4) is 0 Å². The van der Waals surface area contributed by atoms with Crippen molar-refractivity contribution in [3.8, 4) is 6.07 Å². The number of pyridine rings is 1. The van der Waals surface area contributed by atoms with Gasteiger partial charge in [0.15, 0.2) is 0 Å². The number of hydrogen-bond donors (Lipinski definition) is 0. The Morgan fingerprint density at radius 3 is 2.41 bits per heavy atom. The highest BCUT2D eigenvalue weighted by Gasteiger charge is 2.31. The standard InChI is InChI=1S/C28H27N3OS2/c1-28(2,3)20-12-13-21-18(15-20)14-19(16-29)27(30-21)33-17-26(32)31-22-8-4-6-10-24(22)34-25-11-7-5-9-23(25)31/h4-11,14,20H,12-13,15,17H2,1-3H3. The zero-order chi connectivity index (χ0) is 23.9. The van der Waals surface area contributed by atoms with E-state index in [0.717, 1.165) is 46.1 Å². The van der Waals surface area contributed by atoms with Gasteiger partial charge in [-0.2, -0.15) is 5.26 Å². The van der Waals surface area contributed by atoms with Crippen molar-refractivity contribution in [3.63, 3.8) is 0 Å². The summed E-state index contributed by atoms with van der Waals surface area (Å²) in [6.45, 7) is 6.85. The first kappa shape index (κ1) is 23.0. The van der Waals surface area contributed by atoms with Gasteiger partial charge < -0.3 is 0 Å². The molecule has 0 fully saturated rings. The molecule has 1 aliphatic heterocycles. The quantitative estimate of drug-likeness (QED) is 0.373. The lowest BCUT2D eigenvalue weighted by atomic mass is 9.71. The molecule has 0 saturated carbocycles. The van der Waals surface area contributed by atoms with Gasteiger partial charge in [-0.05, 0) is 66.5 Å². The van der Waals surface area contributed by atoms with E-state index in [2.05, 4.69) is 26.8 Å². The van der Waals surface area contributed by atoms with E-state index in [1.165, 1.54) is 17.3 Å². The summed E-state index contributed by atoms with van der Waals surface area (Å²) in [5, 5.41) is 10.5.